The van der Waals surface area contributed by atoms with Crippen molar-refractivity contribution in [3.8, 4) is 5.75 Å². The highest BCUT2D eigenvalue weighted by atomic mass is 16.5. The number of nitrogens with one attached hydrogen (secondary N) is 2. The van der Waals surface area contributed by atoms with Gasteiger partial charge in [0.2, 0.25) is 11.8 Å². The van der Waals surface area contributed by atoms with Crippen LogP contribution in [0.4, 0.5) is 0 Å². The predicted molar refractivity (Wildman–Crippen MR) is 204 cm³/mol. The smallest absolute Gasteiger partial charge is 0.309 e. The summed E-state index contributed by atoms with van der Waals surface area (Å²) in [5.41, 5.74) is 3.96. The van der Waals surface area contributed by atoms with Gasteiger partial charge < -0.3 is 25.2 Å². The van der Waals surface area contributed by atoms with Crippen LogP contribution in [0.5, 0.6) is 5.75 Å². The van der Waals surface area contributed by atoms with Crippen LogP contribution in [0.25, 0.3) is 0 Å². The van der Waals surface area contributed by atoms with Gasteiger partial charge in [-0.3, -0.25) is 14.4 Å². The van der Waals surface area contributed by atoms with E-state index < -0.39 is 23.9 Å². The van der Waals surface area contributed by atoms with Crippen molar-refractivity contribution in [3.05, 3.63) is 163 Å². The molecule has 8 heteroatoms. The molecular formula is C44H50N2O6. The Morgan fingerprint density at radius 2 is 1.15 bits per heavy atom. The number of carbonyl (C=O) groups excluding carboxylic acids is 3. The summed E-state index contributed by atoms with van der Waals surface area (Å²) < 4.78 is 11.8. The highest BCUT2D eigenvalue weighted by molar-refractivity contribution is 5.86. The van der Waals surface area contributed by atoms with Gasteiger partial charge in [0.1, 0.15) is 19.0 Å². The zero-order valence-electron chi connectivity index (χ0n) is 29.7. The maximum atomic E-state index is 13.7. The molecule has 0 aliphatic carbocycles. The molecule has 4 aromatic carbocycles. The fourth-order valence-corrected chi connectivity index (χ4v) is 5.94. The minimum atomic E-state index is -0.716. The van der Waals surface area contributed by atoms with Gasteiger partial charge in [0.25, 0.3) is 0 Å². The number of aliphatic hydroxyl groups excluding tert-OH is 1. The number of allylic oxidation sites excluding steroid dienone is 2. The van der Waals surface area contributed by atoms with Gasteiger partial charge in [-0.1, -0.05) is 115 Å². The SMILES string of the molecule is C=CC[C@H](CC(=O)N[C@H](CO)Cc1ccccc1)C(=O)N[C@H](COC(=O)[C@@H](CC=C)Cc1ccccc1)Cc1ccc(OCc2ccccc2)cc1. The number of ether oxygens (including phenoxy) is 2. The lowest BCUT2D eigenvalue weighted by molar-refractivity contribution is -0.149. The molecule has 0 unspecified atom stereocenters. The molecule has 52 heavy (non-hydrogen) atoms. The molecule has 272 valence electrons. The molecule has 8 nitrogen and oxygen atoms in total. The first-order chi connectivity index (χ1) is 25.4. The third-order valence-electron chi connectivity index (χ3n) is 8.70. The Labute approximate surface area is 307 Å². The van der Waals surface area contributed by atoms with Crippen molar-refractivity contribution in [2.75, 3.05) is 13.2 Å². The molecule has 0 spiro atoms. The first kappa shape index (κ1) is 39.3. The second-order valence-electron chi connectivity index (χ2n) is 12.9. The van der Waals surface area contributed by atoms with E-state index in [1.54, 1.807) is 12.2 Å². The summed E-state index contributed by atoms with van der Waals surface area (Å²) in [6.45, 7) is 7.77. The second-order valence-corrected chi connectivity index (χ2v) is 12.9. The predicted octanol–water partition coefficient (Wildman–Crippen LogP) is 6.57. The van der Waals surface area contributed by atoms with Gasteiger partial charge in [-0.15, -0.1) is 13.2 Å². The van der Waals surface area contributed by atoms with Gasteiger partial charge in [0.05, 0.1) is 30.5 Å². The van der Waals surface area contributed by atoms with Gasteiger partial charge >= 0.3 is 5.97 Å². The van der Waals surface area contributed by atoms with Crippen LogP contribution in [-0.4, -0.2) is 48.2 Å². The summed E-state index contributed by atoms with van der Waals surface area (Å²) in [6.07, 6.45) is 5.27. The van der Waals surface area contributed by atoms with Gasteiger partial charge in [-0.2, -0.15) is 0 Å². The fraction of sp³-hybridized carbons (Fsp3) is 0.295. The summed E-state index contributed by atoms with van der Waals surface area (Å²) in [6, 6.07) is 35.7. The lowest BCUT2D eigenvalue weighted by Gasteiger charge is -2.24. The topological polar surface area (TPSA) is 114 Å². The standard InChI is InChI=1S/C44H50N2O6/c1-3-14-37(29-42(48)45-39(30-47)27-34-18-10-6-11-19-34)43(49)46-40(32-52-44(50)38(15-4-2)26-33-16-8-5-9-17-33)28-35-22-24-41(25-23-35)51-31-36-20-12-7-13-21-36/h3-13,16-25,37-40,47H,1-2,14-15,26-32H2,(H,45,48)(H,46,49)/t37-,38+,39+,40+/m1/s1. The molecule has 0 aromatic heterocycles. The molecule has 3 N–H and O–H groups in total. The number of amides is 2. The number of benzene rings is 4. The molecule has 4 atom stereocenters. The maximum Gasteiger partial charge on any atom is 0.309 e. The van der Waals surface area contributed by atoms with Crippen LogP contribution in [0.2, 0.25) is 0 Å². The zero-order chi connectivity index (χ0) is 37.0. The summed E-state index contributed by atoms with van der Waals surface area (Å²) in [5.74, 6) is -1.51. The highest BCUT2D eigenvalue weighted by Crippen LogP contribution is 2.19. The van der Waals surface area contributed by atoms with E-state index >= 15 is 0 Å². The Morgan fingerprint density at radius 3 is 1.73 bits per heavy atom. The summed E-state index contributed by atoms with van der Waals surface area (Å²) in [4.78, 5) is 40.2. The largest absolute Gasteiger partial charge is 0.489 e. The van der Waals surface area contributed by atoms with Crippen molar-refractivity contribution in [3.63, 3.8) is 0 Å². The van der Waals surface area contributed by atoms with Gasteiger partial charge in [-0.05, 0) is 66.5 Å². The third kappa shape index (κ3) is 13.7. The lowest BCUT2D eigenvalue weighted by atomic mass is 9.96. The first-order valence-electron chi connectivity index (χ1n) is 17.8. The van der Waals surface area contributed by atoms with Crippen LogP contribution >= 0.6 is 0 Å². The van der Waals surface area contributed by atoms with Crippen LogP contribution in [0.3, 0.4) is 0 Å². The van der Waals surface area contributed by atoms with E-state index in [-0.39, 0.29) is 43.8 Å². The van der Waals surface area contributed by atoms with Crippen LogP contribution in [0.15, 0.2) is 141 Å². The Morgan fingerprint density at radius 1 is 0.635 bits per heavy atom. The molecule has 0 saturated carbocycles. The average molecular weight is 703 g/mol. The molecule has 0 heterocycles. The van der Waals surface area contributed by atoms with Gasteiger partial charge in [0, 0.05) is 6.42 Å². The summed E-state index contributed by atoms with van der Waals surface area (Å²) in [5, 5.41) is 15.9. The quantitative estimate of drug-likeness (QED) is 0.0631. The van der Waals surface area contributed by atoms with Crippen LogP contribution < -0.4 is 15.4 Å². The van der Waals surface area contributed by atoms with Crippen molar-refractivity contribution in [1.82, 2.24) is 10.6 Å². The van der Waals surface area contributed by atoms with Gasteiger partial charge in [-0.25, -0.2) is 0 Å². The number of hydrogen-bond acceptors (Lipinski definition) is 6. The fourth-order valence-electron chi connectivity index (χ4n) is 5.94. The van der Waals surface area contributed by atoms with Crippen molar-refractivity contribution in [2.24, 2.45) is 11.8 Å². The van der Waals surface area contributed by atoms with E-state index in [0.717, 1.165) is 22.3 Å². The van der Waals surface area contributed by atoms with E-state index in [1.807, 2.05) is 115 Å². The molecule has 0 fully saturated rings. The van der Waals surface area contributed by atoms with Crippen molar-refractivity contribution >= 4 is 17.8 Å². The zero-order valence-corrected chi connectivity index (χ0v) is 29.7. The van der Waals surface area contributed by atoms with E-state index in [9.17, 15) is 19.5 Å². The van der Waals surface area contributed by atoms with Crippen LogP contribution in [0.1, 0.15) is 41.5 Å². The molecule has 0 bridgehead atoms. The maximum absolute atomic E-state index is 13.7. The van der Waals surface area contributed by atoms with Gasteiger partial charge in [0.15, 0.2) is 0 Å². The van der Waals surface area contributed by atoms with Crippen molar-refractivity contribution in [1.29, 1.82) is 0 Å². The van der Waals surface area contributed by atoms with Crippen molar-refractivity contribution in [2.45, 2.75) is 57.2 Å². The number of esters is 1. The van der Waals surface area contributed by atoms with E-state index in [4.69, 9.17) is 9.47 Å². The molecule has 0 radical (unpaired) electrons. The number of carbonyl (C=O) groups is 3. The molecule has 0 saturated heterocycles. The average Bonchev–Trinajstić information content (AvgIpc) is 3.17. The number of aliphatic hydroxyl groups is 1. The van der Waals surface area contributed by atoms with Crippen LogP contribution in [-0.2, 0) is 45.0 Å². The van der Waals surface area contributed by atoms with E-state index in [1.165, 1.54) is 0 Å². The third-order valence-corrected chi connectivity index (χ3v) is 8.70. The summed E-state index contributed by atoms with van der Waals surface area (Å²) in [7, 11) is 0. The van der Waals surface area contributed by atoms with E-state index in [0.29, 0.717) is 38.0 Å². The molecule has 4 aromatic rings. The first-order valence-corrected chi connectivity index (χ1v) is 17.8. The number of hydrogen-bond donors (Lipinski definition) is 3. The van der Waals surface area contributed by atoms with Crippen molar-refractivity contribution < 1.29 is 29.0 Å². The second kappa shape index (κ2) is 21.7. The lowest BCUT2D eigenvalue weighted by Crippen LogP contribution is -2.45. The summed E-state index contributed by atoms with van der Waals surface area (Å²) >= 11 is 0. The molecular weight excluding hydrogens is 652 g/mol. The minimum Gasteiger partial charge on any atom is -0.489 e. The molecule has 0 aliphatic heterocycles. The molecule has 0 aliphatic rings. The Kier molecular flexibility index (Phi) is 16.4. The normalized spacial score (nSPS) is 13.1. The van der Waals surface area contributed by atoms with Crippen LogP contribution in [0, 0.1) is 11.8 Å². The Hall–Kier alpha value is -5.47. The number of rotatable bonds is 22. The molecule has 4 rings (SSSR count). The van der Waals surface area contributed by atoms with E-state index in [2.05, 4.69) is 23.8 Å². The molecule has 2 amide bonds. The Balaban J connectivity index is 1.43. The highest BCUT2D eigenvalue weighted by Gasteiger charge is 2.27. The minimum absolute atomic E-state index is 0.0596. The Bertz CT molecular complexity index is 1680. The monoisotopic (exact) mass is 702 g/mol.